The lowest BCUT2D eigenvalue weighted by atomic mass is 10.1. The van der Waals surface area contributed by atoms with E-state index in [1.54, 1.807) is 11.6 Å². The molecular weight excluding hydrogens is 456 g/mol. The van der Waals surface area contributed by atoms with E-state index in [9.17, 15) is 9.59 Å². The SMILES string of the molecule is C/C=C/C(=C\N/C(C)=C/C)CC(=O)N(CCN1CCOCC1)CC1=CC=C(/C=C/C(=O)NO)CC=C1. The molecule has 0 saturated carbocycles. The van der Waals surface area contributed by atoms with Crippen LogP contribution in [0.2, 0.25) is 0 Å². The Balaban J connectivity index is 2.16. The molecule has 0 bridgehead atoms. The molecule has 1 saturated heterocycles. The highest BCUT2D eigenvalue weighted by molar-refractivity contribution is 5.86. The predicted molar refractivity (Wildman–Crippen MR) is 143 cm³/mol. The smallest absolute Gasteiger partial charge is 0.267 e. The molecule has 2 amide bonds. The van der Waals surface area contributed by atoms with Gasteiger partial charge in [0, 0.05) is 50.7 Å². The monoisotopic (exact) mass is 496 g/mol. The van der Waals surface area contributed by atoms with Crippen LogP contribution >= 0.6 is 0 Å². The number of ether oxygens (including phenoxy) is 1. The molecule has 2 rings (SSSR count). The van der Waals surface area contributed by atoms with Gasteiger partial charge < -0.3 is 15.0 Å². The quantitative estimate of drug-likeness (QED) is 0.166. The van der Waals surface area contributed by atoms with Crippen LogP contribution in [-0.4, -0.2) is 72.8 Å². The second kappa shape index (κ2) is 16.5. The van der Waals surface area contributed by atoms with Crippen LogP contribution in [-0.2, 0) is 14.3 Å². The van der Waals surface area contributed by atoms with Crippen molar-refractivity contribution in [2.45, 2.75) is 33.6 Å². The molecule has 8 heteroatoms. The predicted octanol–water partition coefficient (Wildman–Crippen LogP) is 3.38. The molecule has 0 radical (unpaired) electrons. The van der Waals surface area contributed by atoms with Gasteiger partial charge in [0.05, 0.1) is 19.6 Å². The number of carbonyl (C=O) groups is 2. The van der Waals surface area contributed by atoms with Gasteiger partial charge in [0.15, 0.2) is 0 Å². The third-order valence-electron chi connectivity index (χ3n) is 5.93. The Morgan fingerprint density at radius 2 is 1.97 bits per heavy atom. The van der Waals surface area contributed by atoms with Crippen LogP contribution in [0, 0.1) is 0 Å². The maximum atomic E-state index is 13.5. The second-order valence-corrected chi connectivity index (χ2v) is 8.68. The number of hydroxylamine groups is 1. The van der Waals surface area contributed by atoms with Crippen LogP contribution in [0.25, 0.3) is 0 Å². The maximum absolute atomic E-state index is 13.5. The molecule has 0 unspecified atom stereocenters. The highest BCUT2D eigenvalue weighted by atomic mass is 16.5. The van der Waals surface area contributed by atoms with Crippen LogP contribution in [0.4, 0.5) is 0 Å². The summed E-state index contributed by atoms with van der Waals surface area (Å²) in [5.74, 6) is -0.507. The fourth-order valence-electron chi connectivity index (χ4n) is 3.68. The van der Waals surface area contributed by atoms with Gasteiger partial charge in [-0.1, -0.05) is 48.6 Å². The Bertz CT molecular complexity index is 951. The first-order valence-corrected chi connectivity index (χ1v) is 12.4. The molecular formula is C28H40N4O4. The van der Waals surface area contributed by atoms with Crippen molar-refractivity contribution in [2.75, 3.05) is 45.9 Å². The summed E-state index contributed by atoms with van der Waals surface area (Å²) in [4.78, 5) is 29.0. The van der Waals surface area contributed by atoms with Crippen molar-refractivity contribution in [1.82, 2.24) is 20.6 Å². The van der Waals surface area contributed by atoms with Crippen molar-refractivity contribution < 1.29 is 19.5 Å². The number of nitrogens with one attached hydrogen (secondary N) is 2. The molecule has 0 spiro atoms. The Morgan fingerprint density at radius 3 is 2.67 bits per heavy atom. The average Bonchev–Trinajstić information content (AvgIpc) is 3.13. The van der Waals surface area contributed by atoms with Crippen molar-refractivity contribution in [3.8, 4) is 0 Å². The topological polar surface area (TPSA) is 94.1 Å². The fraction of sp³-hybridized carbons (Fsp3) is 0.429. The molecule has 0 aromatic rings. The molecule has 8 nitrogen and oxygen atoms in total. The molecule has 1 aliphatic heterocycles. The maximum Gasteiger partial charge on any atom is 0.267 e. The number of hydrogen-bond donors (Lipinski definition) is 3. The third-order valence-corrected chi connectivity index (χ3v) is 5.93. The number of morpholine rings is 1. The Morgan fingerprint density at radius 1 is 1.19 bits per heavy atom. The first-order chi connectivity index (χ1) is 17.4. The zero-order chi connectivity index (χ0) is 26.2. The van der Waals surface area contributed by atoms with E-state index in [0.717, 1.165) is 55.3 Å². The third kappa shape index (κ3) is 11.0. The first-order valence-electron chi connectivity index (χ1n) is 12.4. The standard InChI is InChI=1S/C28H40N4O4/c1-4-7-26(21-29-23(3)5-2)20-28(34)32(15-14-31-16-18-36-19-17-31)22-25-9-6-8-24(10-11-25)12-13-27(33)30-35/h4-7,9-13,21,29,35H,8,14-20,22H2,1-3H3,(H,30,33)/b7-4+,13-12+,23-5+,26-21+. The summed E-state index contributed by atoms with van der Waals surface area (Å²) in [7, 11) is 0. The summed E-state index contributed by atoms with van der Waals surface area (Å²) in [6, 6.07) is 0. The minimum absolute atomic E-state index is 0.0646. The zero-order valence-corrected chi connectivity index (χ0v) is 21.7. The molecule has 1 fully saturated rings. The van der Waals surface area contributed by atoms with E-state index >= 15 is 0 Å². The summed E-state index contributed by atoms with van der Waals surface area (Å²) < 4.78 is 5.46. The summed E-state index contributed by atoms with van der Waals surface area (Å²) in [5.41, 5.74) is 5.48. The highest BCUT2D eigenvalue weighted by Gasteiger charge is 2.18. The minimum Gasteiger partial charge on any atom is -0.379 e. The largest absolute Gasteiger partial charge is 0.379 e. The molecule has 3 N–H and O–H groups in total. The van der Waals surface area contributed by atoms with Crippen LogP contribution in [0.5, 0.6) is 0 Å². The van der Waals surface area contributed by atoms with Crippen LogP contribution < -0.4 is 10.8 Å². The number of nitrogens with zero attached hydrogens (tertiary/aromatic N) is 2. The Hall–Kier alpha value is -3.20. The van der Waals surface area contributed by atoms with E-state index in [-0.39, 0.29) is 5.91 Å². The van der Waals surface area contributed by atoms with E-state index < -0.39 is 5.91 Å². The summed E-state index contributed by atoms with van der Waals surface area (Å²) in [6.45, 7) is 11.0. The molecule has 0 aromatic carbocycles. The normalized spacial score (nSPS) is 17.7. The van der Waals surface area contributed by atoms with Gasteiger partial charge in [0.25, 0.3) is 5.91 Å². The van der Waals surface area contributed by atoms with Crippen molar-refractivity contribution in [1.29, 1.82) is 0 Å². The van der Waals surface area contributed by atoms with E-state index in [1.807, 2.05) is 74.4 Å². The molecule has 36 heavy (non-hydrogen) atoms. The first kappa shape index (κ1) is 29.0. The van der Waals surface area contributed by atoms with E-state index in [1.165, 1.54) is 6.08 Å². The van der Waals surface area contributed by atoms with Gasteiger partial charge in [-0.2, -0.15) is 0 Å². The molecule has 196 valence electrons. The van der Waals surface area contributed by atoms with Crippen LogP contribution in [0.15, 0.2) is 83.3 Å². The Labute approximate surface area is 215 Å². The van der Waals surface area contributed by atoms with Crippen LogP contribution in [0.1, 0.15) is 33.6 Å². The van der Waals surface area contributed by atoms with Crippen molar-refractivity contribution in [3.05, 3.63) is 83.3 Å². The minimum atomic E-state index is -0.572. The van der Waals surface area contributed by atoms with Crippen molar-refractivity contribution in [3.63, 3.8) is 0 Å². The van der Waals surface area contributed by atoms with Gasteiger partial charge in [0.1, 0.15) is 0 Å². The number of carbonyl (C=O) groups excluding carboxylic acids is 2. The highest BCUT2D eigenvalue weighted by Crippen LogP contribution is 2.16. The fourth-order valence-corrected chi connectivity index (χ4v) is 3.68. The summed E-state index contributed by atoms with van der Waals surface area (Å²) >= 11 is 0. The van der Waals surface area contributed by atoms with Crippen molar-refractivity contribution in [2.24, 2.45) is 0 Å². The number of rotatable bonds is 12. The molecule has 0 aromatic heterocycles. The number of allylic oxidation sites excluding steroid dienone is 9. The lowest BCUT2D eigenvalue weighted by molar-refractivity contribution is -0.130. The van der Waals surface area contributed by atoms with E-state index in [4.69, 9.17) is 9.94 Å². The van der Waals surface area contributed by atoms with E-state index in [0.29, 0.717) is 25.9 Å². The Kier molecular flexibility index (Phi) is 13.3. The van der Waals surface area contributed by atoms with Gasteiger partial charge in [-0.25, -0.2) is 5.48 Å². The zero-order valence-electron chi connectivity index (χ0n) is 21.7. The lowest BCUT2D eigenvalue weighted by Crippen LogP contribution is -2.43. The molecule has 1 heterocycles. The second-order valence-electron chi connectivity index (χ2n) is 8.68. The lowest BCUT2D eigenvalue weighted by Gasteiger charge is -2.30. The van der Waals surface area contributed by atoms with Crippen LogP contribution in [0.3, 0.4) is 0 Å². The van der Waals surface area contributed by atoms with Gasteiger partial charge in [-0.3, -0.25) is 19.7 Å². The molecule has 1 aliphatic carbocycles. The molecule has 2 aliphatic rings. The van der Waals surface area contributed by atoms with Gasteiger partial charge in [-0.15, -0.1) is 0 Å². The van der Waals surface area contributed by atoms with Crippen molar-refractivity contribution >= 4 is 11.8 Å². The average molecular weight is 497 g/mol. The molecule has 0 atom stereocenters. The number of amides is 2. The number of hydrogen-bond acceptors (Lipinski definition) is 6. The summed E-state index contributed by atoms with van der Waals surface area (Å²) in [5, 5.41) is 11.9. The van der Waals surface area contributed by atoms with Gasteiger partial charge >= 0.3 is 0 Å². The summed E-state index contributed by atoms with van der Waals surface area (Å²) in [6.07, 6.45) is 19.7. The van der Waals surface area contributed by atoms with E-state index in [2.05, 4.69) is 10.2 Å². The van der Waals surface area contributed by atoms with Gasteiger partial charge in [-0.05, 0) is 43.9 Å². The van der Waals surface area contributed by atoms with Gasteiger partial charge in [0.2, 0.25) is 5.91 Å².